The molecule has 0 aliphatic rings. The van der Waals surface area contributed by atoms with Crippen molar-refractivity contribution in [2.24, 2.45) is 5.92 Å². The summed E-state index contributed by atoms with van der Waals surface area (Å²) in [5.74, 6) is 0.898. The van der Waals surface area contributed by atoms with E-state index in [2.05, 4.69) is 24.5 Å². The second kappa shape index (κ2) is 9.71. The summed E-state index contributed by atoms with van der Waals surface area (Å²) in [5, 5.41) is 5.62. The Morgan fingerprint density at radius 3 is 2.35 bits per heavy atom. The number of rotatable bonds is 8. The number of carbonyl (C=O) groups excluding carboxylic acids is 2. The number of amides is 2. The predicted octanol–water partition coefficient (Wildman–Crippen LogP) is 2.59. The van der Waals surface area contributed by atoms with Crippen molar-refractivity contribution >= 4 is 12.0 Å². The van der Waals surface area contributed by atoms with Gasteiger partial charge in [0.25, 0.3) is 5.91 Å². The highest BCUT2D eigenvalue weighted by molar-refractivity contribution is 5.94. The third-order valence-electron chi connectivity index (χ3n) is 3.21. The molecule has 0 spiro atoms. The summed E-state index contributed by atoms with van der Waals surface area (Å²) in [6.07, 6.45) is 0.290. The molecule has 0 bridgehead atoms. The molecule has 2 N–H and O–H groups in total. The number of methoxy groups -OCH3 is 1. The standard InChI is InChI=1S/C17H26N2O4/c1-5-23-17(21)19-14(10-12(2)3)11-18-16(20)13-6-8-15(22-4)9-7-13/h6-9,12,14H,5,10-11H2,1-4H3,(H,18,20)(H,19,21). The van der Waals surface area contributed by atoms with Crippen LogP contribution in [0, 0.1) is 5.92 Å². The Labute approximate surface area is 137 Å². The molecule has 0 aliphatic carbocycles. The lowest BCUT2D eigenvalue weighted by Crippen LogP contribution is -2.44. The van der Waals surface area contributed by atoms with Crippen LogP contribution in [-0.4, -0.2) is 38.3 Å². The van der Waals surface area contributed by atoms with Crippen molar-refractivity contribution in [3.05, 3.63) is 29.8 Å². The van der Waals surface area contributed by atoms with Gasteiger partial charge in [-0.1, -0.05) is 13.8 Å². The van der Waals surface area contributed by atoms with Crippen LogP contribution in [0.15, 0.2) is 24.3 Å². The smallest absolute Gasteiger partial charge is 0.407 e. The van der Waals surface area contributed by atoms with Crippen molar-refractivity contribution in [1.29, 1.82) is 0 Å². The van der Waals surface area contributed by atoms with E-state index in [1.165, 1.54) is 0 Å². The lowest BCUT2D eigenvalue weighted by molar-refractivity contribution is 0.0944. The topological polar surface area (TPSA) is 76.7 Å². The van der Waals surface area contributed by atoms with E-state index in [9.17, 15) is 9.59 Å². The minimum absolute atomic E-state index is 0.170. The van der Waals surface area contributed by atoms with Crippen molar-refractivity contribution in [2.75, 3.05) is 20.3 Å². The molecule has 0 saturated heterocycles. The van der Waals surface area contributed by atoms with Gasteiger partial charge in [-0.25, -0.2) is 4.79 Å². The molecule has 0 heterocycles. The fraction of sp³-hybridized carbons (Fsp3) is 0.529. The first-order valence-corrected chi connectivity index (χ1v) is 7.81. The molecule has 0 fully saturated rings. The summed E-state index contributed by atoms with van der Waals surface area (Å²) < 4.78 is 9.96. The van der Waals surface area contributed by atoms with Gasteiger partial charge in [-0.15, -0.1) is 0 Å². The maximum atomic E-state index is 12.2. The molecule has 0 aliphatic heterocycles. The molecule has 0 saturated carbocycles. The van der Waals surface area contributed by atoms with Gasteiger partial charge >= 0.3 is 6.09 Å². The molecule has 128 valence electrons. The van der Waals surface area contributed by atoms with Gasteiger partial charge in [0.1, 0.15) is 5.75 Å². The number of benzene rings is 1. The highest BCUT2D eigenvalue weighted by Gasteiger charge is 2.16. The fourth-order valence-corrected chi connectivity index (χ4v) is 2.16. The third-order valence-corrected chi connectivity index (χ3v) is 3.21. The number of ether oxygens (including phenoxy) is 2. The lowest BCUT2D eigenvalue weighted by Gasteiger charge is -2.20. The average Bonchev–Trinajstić information content (AvgIpc) is 2.52. The van der Waals surface area contributed by atoms with Crippen LogP contribution < -0.4 is 15.4 Å². The Balaban J connectivity index is 2.57. The Bertz CT molecular complexity index is 500. The van der Waals surface area contributed by atoms with Gasteiger partial charge in [-0.2, -0.15) is 0 Å². The molecule has 6 heteroatoms. The van der Waals surface area contributed by atoms with Gasteiger partial charge in [-0.05, 0) is 43.5 Å². The Morgan fingerprint density at radius 2 is 1.83 bits per heavy atom. The van der Waals surface area contributed by atoms with E-state index >= 15 is 0 Å². The number of alkyl carbamates (subject to hydrolysis) is 1. The molecule has 1 unspecified atom stereocenters. The molecule has 6 nitrogen and oxygen atoms in total. The minimum atomic E-state index is -0.461. The highest BCUT2D eigenvalue weighted by Crippen LogP contribution is 2.11. The number of hydrogen-bond donors (Lipinski definition) is 2. The monoisotopic (exact) mass is 322 g/mol. The van der Waals surface area contributed by atoms with Crippen molar-refractivity contribution in [3.63, 3.8) is 0 Å². The first-order chi connectivity index (χ1) is 11.0. The molecule has 0 aromatic heterocycles. The van der Waals surface area contributed by atoms with E-state index < -0.39 is 6.09 Å². The zero-order valence-electron chi connectivity index (χ0n) is 14.2. The first-order valence-electron chi connectivity index (χ1n) is 7.81. The summed E-state index contributed by atoms with van der Waals surface area (Å²) in [6.45, 7) is 6.54. The van der Waals surface area contributed by atoms with Crippen molar-refractivity contribution in [2.45, 2.75) is 33.2 Å². The quantitative estimate of drug-likeness (QED) is 0.771. The Morgan fingerprint density at radius 1 is 1.17 bits per heavy atom. The minimum Gasteiger partial charge on any atom is -0.497 e. The van der Waals surface area contributed by atoms with Crippen molar-refractivity contribution < 1.29 is 19.1 Å². The van der Waals surface area contributed by atoms with Crippen LogP contribution in [0.2, 0.25) is 0 Å². The van der Waals surface area contributed by atoms with Gasteiger partial charge in [0.2, 0.25) is 0 Å². The van der Waals surface area contributed by atoms with E-state index in [0.717, 1.165) is 6.42 Å². The predicted molar refractivity (Wildman–Crippen MR) is 88.7 cm³/mol. The average molecular weight is 322 g/mol. The zero-order chi connectivity index (χ0) is 17.2. The van der Waals surface area contributed by atoms with E-state index in [-0.39, 0.29) is 11.9 Å². The van der Waals surface area contributed by atoms with Crippen LogP contribution in [0.4, 0.5) is 4.79 Å². The van der Waals surface area contributed by atoms with Gasteiger partial charge < -0.3 is 20.1 Å². The van der Waals surface area contributed by atoms with Crippen LogP contribution in [0.25, 0.3) is 0 Å². The number of nitrogens with one attached hydrogen (secondary N) is 2. The van der Waals surface area contributed by atoms with Crippen LogP contribution in [0.5, 0.6) is 5.75 Å². The van der Waals surface area contributed by atoms with Crippen LogP contribution in [0.1, 0.15) is 37.6 Å². The zero-order valence-corrected chi connectivity index (χ0v) is 14.2. The van der Waals surface area contributed by atoms with E-state index in [4.69, 9.17) is 9.47 Å². The molecule has 1 aromatic carbocycles. The first kappa shape index (κ1) is 18.8. The number of carbonyl (C=O) groups is 2. The largest absolute Gasteiger partial charge is 0.497 e. The highest BCUT2D eigenvalue weighted by atomic mass is 16.5. The number of hydrogen-bond acceptors (Lipinski definition) is 4. The summed E-state index contributed by atoms with van der Waals surface area (Å²) in [7, 11) is 1.58. The normalized spacial score (nSPS) is 11.7. The molecular weight excluding hydrogens is 296 g/mol. The molecule has 23 heavy (non-hydrogen) atoms. The maximum absolute atomic E-state index is 12.2. The van der Waals surface area contributed by atoms with Crippen molar-refractivity contribution in [1.82, 2.24) is 10.6 Å². The Hall–Kier alpha value is -2.24. The maximum Gasteiger partial charge on any atom is 0.407 e. The SMILES string of the molecule is CCOC(=O)NC(CNC(=O)c1ccc(OC)cc1)CC(C)C. The molecular formula is C17H26N2O4. The van der Waals surface area contributed by atoms with E-state index in [1.54, 1.807) is 38.3 Å². The van der Waals surface area contributed by atoms with Gasteiger partial charge in [0.05, 0.1) is 13.7 Å². The summed E-state index contributed by atoms with van der Waals surface area (Å²) in [4.78, 5) is 23.7. The lowest BCUT2D eigenvalue weighted by atomic mass is 10.0. The second-order valence-electron chi connectivity index (χ2n) is 5.63. The van der Waals surface area contributed by atoms with Crippen LogP contribution in [-0.2, 0) is 4.74 Å². The summed E-state index contributed by atoms with van der Waals surface area (Å²) in [6, 6.07) is 6.69. The van der Waals surface area contributed by atoms with Crippen molar-refractivity contribution in [3.8, 4) is 5.75 Å². The molecule has 1 aromatic rings. The van der Waals surface area contributed by atoms with Gasteiger partial charge in [-0.3, -0.25) is 4.79 Å². The fourth-order valence-electron chi connectivity index (χ4n) is 2.16. The van der Waals surface area contributed by atoms with E-state index in [1.807, 2.05) is 0 Å². The second-order valence-corrected chi connectivity index (χ2v) is 5.63. The summed E-state index contributed by atoms with van der Waals surface area (Å²) in [5.41, 5.74) is 0.547. The molecule has 1 atom stereocenters. The third kappa shape index (κ3) is 7.04. The molecule has 2 amide bonds. The van der Waals surface area contributed by atoms with Crippen LogP contribution >= 0.6 is 0 Å². The van der Waals surface area contributed by atoms with Crippen LogP contribution in [0.3, 0.4) is 0 Å². The van der Waals surface area contributed by atoms with Gasteiger partial charge in [0.15, 0.2) is 0 Å². The summed E-state index contributed by atoms with van der Waals surface area (Å²) >= 11 is 0. The van der Waals surface area contributed by atoms with Gasteiger partial charge in [0, 0.05) is 18.2 Å². The Kier molecular flexibility index (Phi) is 7.94. The molecule has 0 radical (unpaired) electrons. The molecule has 1 rings (SSSR count). The van der Waals surface area contributed by atoms with E-state index in [0.29, 0.717) is 30.4 Å².